The van der Waals surface area contributed by atoms with Gasteiger partial charge in [0.1, 0.15) is 0 Å². The van der Waals surface area contributed by atoms with Crippen LogP contribution in [0.25, 0.3) is 5.69 Å². The van der Waals surface area contributed by atoms with Crippen LogP contribution >= 0.6 is 0 Å². The normalized spacial score (nSPS) is 19.5. The van der Waals surface area contributed by atoms with E-state index in [0.717, 1.165) is 18.7 Å². The molecule has 1 aromatic carbocycles. The summed E-state index contributed by atoms with van der Waals surface area (Å²) >= 11 is 0. The standard InChI is InChI=1S/C16H20N4O/c1-12(18-10-14-4-7-16(21)19-14)13-2-5-15(6-3-13)20-9-8-17-11-20/h2-3,5-6,8-9,11-12,14,18H,4,7,10H2,1H3,(H,19,21). The van der Waals surface area contributed by atoms with E-state index >= 15 is 0 Å². The lowest BCUT2D eigenvalue weighted by atomic mass is 10.1. The van der Waals surface area contributed by atoms with Crippen molar-refractivity contribution in [2.75, 3.05) is 6.54 Å². The van der Waals surface area contributed by atoms with E-state index in [9.17, 15) is 4.79 Å². The molecule has 5 heteroatoms. The number of nitrogens with one attached hydrogen (secondary N) is 2. The minimum Gasteiger partial charge on any atom is -0.352 e. The molecule has 0 radical (unpaired) electrons. The molecular weight excluding hydrogens is 264 g/mol. The van der Waals surface area contributed by atoms with Gasteiger partial charge >= 0.3 is 0 Å². The highest BCUT2D eigenvalue weighted by Crippen LogP contribution is 2.16. The molecule has 1 saturated heterocycles. The molecule has 2 atom stereocenters. The summed E-state index contributed by atoms with van der Waals surface area (Å²) in [5.74, 6) is 0.166. The lowest BCUT2D eigenvalue weighted by molar-refractivity contribution is -0.119. The summed E-state index contributed by atoms with van der Waals surface area (Å²) in [6, 6.07) is 8.96. The monoisotopic (exact) mass is 284 g/mol. The van der Waals surface area contributed by atoms with Gasteiger partial charge < -0.3 is 15.2 Å². The van der Waals surface area contributed by atoms with Crippen LogP contribution in [0.1, 0.15) is 31.4 Å². The highest BCUT2D eigenvalue weighted by atomic mass is 16.1. The van der Waals surface area contributed by atoms with Crippen molar-refractivity contribution in [1.82, 2.24) is 20.2 Å². The molecule has 0 saturated carbocycles. The van der Waals surface area contributed by atoms with Crippen LogP contribution in [0.15, 0.2) is 43.0 Å². The van der Waals surface area contributed by atoms with Crippen molar-refractivity contribution in [3.8, 4) is 5.69 Å². The van der Waals surface area contributed by atoms with Gasteiger partial charge in [-0.15, -0.1) is 0 Å². The van der Waals surface area contributed by atoms with Gasteiger partial charge in [0.05, 0.1) is 6.33 Å². The van der Waals surface area contributed by atoms with E-state index < -0.39 is 0 Å². The van der Waals surface area contributed by atoms with Gasteiger partial charge in [0.25, 0.3) is 0 Å². The number of amides is 1. The largest absolute Gasteiger partial charge is 0.352 e. The molecule has 2 N–H and O–H groups in total. The number of aromatic nitrogens is 2. The molecule has 1 aromatic heterocycles. The van der Waals surface area contributed by atoms with E-state index in [1.54, 1.807) is 12.5 Å². The van der Waals surface area contributed by atoms with Crippen LogP contribution in [0.4, 0.5) is 0 Å². The van der Waals surface area contributed by atoms with E-state index in [-0.39, 0.29) is 18.0 Å². The summed E-state index contributed by atoms with van der Waals surface area (Å²) in [5, 5.41) is 6.46. The lowest BCUT2D eigenvalue weighted by Gasteiger charge is -2.18. The summed E-state index contributed by atoms with van der Waals surface area (Å²) < 4.78 is 1.98. The average molecular weight is 284 g/mol. The molecule has 1 fully saturated rings. The third-order valence-corrected chi connectivity index (χ3v) is 3.95. The van der Waals surface area contributed by atoms with Crippen LogP contribution in [-0.2, 0) is 4.79 Å². The van der Waals surface area contributed by atoms with Gasteiger partial charge in [-0.25, -0.2) is 4.98 Å². The summed E-state index contributed by atoms with van der Waals surface area (Å²) in [4.78, 5) is 15.2. The quantitative estimate of drug-likeness (QED) is 0.880. The Balaban J connectivity index is 1.57. The number of nitrogens with zero attached hydrogens (tertiary/aromatic N) is 2. The van der Waals surface area contributed by atoms with Crippen molar-refractivity contribution in [3.63, 3.8) is 0 Å². The van der Waals surface area contributed by atoms with Gasteiger partial charge in [0, 0.05) is 43.1 Å². The van der Waals surface area contributed by atoms with Crippen molar-refractivity contribution >= 4 is 5.91 Å². The van der Waals surface area contributed by atoms with Crippen molar-refractivity contribution in [3.05, 3.63) is 48.5 Å². The molecule has 1 aliphatic heterocycles. The van der Waals surface area contributed by atoms with Crippen molar-refractivity contribution in [1.29, 1.82) is 0 Å². The first-order chi connectivity index (χ1) is 10.2. The SMILES string of the molecule is CC(NCC1CCC(=O)N1)c1ccc(-n2ccnc2)cc1. The van der Waals surface area contributed by atoms with Gasteiger partial charge in [-0.1, -0.05) is 12.1 Å². The number of carbonyl (C=O) groups excluding carboxylic acids is 1. The Morgan fingerprint density at radius 1 is 1.43 bits per heavy atom. The van der Waals surface area contributed by atoms with Crippen molar-refractivity contribution in [2.24, 2.45) is 0 Å². The fourth-order valence-electron chi connectivity index (χ4n) is 2.61. The molecule has 21 heavy (non-hydrogen) atoms. The van der Waals surface area contributed by atoms with E-state index in [1.807, 2.05) is 10.8 Å². The van der Waals surface area contributed by atoms with Gasteiger partial charge in [0.2, 0.25) is 5.91 Å². The Hall–Kier alpha value is -2.14. The second-order valence-corrected chi connectivity index (χ2v) is 5.49. The Morgan fingerprint density at radius 3 is 2.86 bits per heavy atom. The maximum atomic E-state index is 11.2. The first-order valence-corrected chi connectivity index (χ1v) is 7.33. The number of imidazole rings is 1. The number of benzene rings is 1. The average Bonchev–Trinajstić information content (AvgIpc) is 3.16. The van der Waals surface area contributed by atoms with Crippen LogP contribution in [-0.4, -0.2) is 28.0 Å². The van der Waals surface area contributed by atoms with Crippen LogP contribution in [0.3, 0.4) is 0 Å². The summed E-state index contributed by atoms with van der Waals surface area (Å²) in [6.07, 6.45) is 7.07. The van der Waals surface area contributed by atoms with Crippen LogP contribution < -0.4 is 10.6 Å². The highest BCUT2D eigenvalue weighted by Gasteiger charge is 2.20. The molecule has 2 heterocycles. The fraction of sp³-hybridized carbons (Fsp3) is 0.375. The third kappa shape index (κ3) is 3.31. The Morgan fingerprint density at radius 2 is 2.24 bits per heavy atom. The first-order valence-electron chi connectivity index (χ1n) is 7.33. The van der Waals surface area contributed by atoms with Crippen molar-refractivity contribution in [2.45, 2.75) is 31.8 Å². The summed E-state index contributed by atoms with van der Waals surface area (Å²) in [5.41, 5.74) is 2.34. The van der Waals surface area contributed by atoms with Crippen LogP contribution in [0.2, 0.25) is 0 Å². The van der Waals surface area contributed by atoms with Gasteiger partial charge in [-0.2, -0.15) is 0 Å². The zero-order valence-corrected chi connectivity index (χ0v) is 12.1. The van der Waals surface area contributed by atoms with Crippen molar-refractivity contribution < 1.29 is 4.79 Å². The summed E-state index contributed by atoms with van der Waals surface area (Å²) in [7, 11) is 0. The molecule has 0 aliphatic carbocycles. The highest BCUT2D eigenvalue weighted by molar-refractivity contribution is 5.78. The zero-order chi connectivity index (χ0) is 14.7. The van der Waals surface area contributed by atoms with E-state index in [0.29, 0.717) is 6.42 Å². The third-order valence-electron chi connectivity index (χ3n) is 3.95. The topological polar surface area (TPSA) is 59.0 Å². The number of hydrogen-bond acceptors (Lipinski definition) is 3. The second-order valence-electron chi connectivity index (χ2n) is 5.49. The molecule has 1 aliphatic rings. The van der Waals surface area contributed by atoms with Crippen LogP contribution in [0, 0.1) is 0 Å². The summed E-state index contributed by atoms with van der Waals surface area (Å²) in [6.45, 7) is 2.96. The Kier molecular flexibility index (Phi) is 4.01. The molecule has 2 aromatic rings. The Bertz CT molecular complexity index is 591. The Labute approximate surface area is 124 Å². The van der Waals surface area contributed by atoms with E-state index in [1.165, 1.54) is 5.56 Å². The maximum Gasteiger partial charge on any atom is 0.220 e. The molecular formula is C16H20N4O. The molecule has 110 valence electrons. The zero-order valence-electron chi connectivity index (χ0n) is 12.1. The number of carbonyl (C=O) groups is 1. The van der Waals surface area contributed by atoms with E-state index in [2.05, 4.69) is 46.8 Å². The fourth-order valence-corrected chi connectivity index (χ4v) is 2.61. The maximum absolute atomic E-state index is 11.2. The molecule has 2 unspecified atom stereocenters. The first kappa shape index (κ1) is 13.8. The minimum atomic E-state index is 0.166. The number of rotatable bonds is 5. The smallest absolute Gasteiger partial charge is 0.220 e. The van der Waals surface area contributed by atoms with Gasteiger partial charge in [0.15, 0.2) is 0 Å². The predicted octanol–water partition coefficient (Wildman–Crippen LogP) is 1.80. The molecule has 0 spiro atoms. The lowest BCUT2D eigenvalue weighted by Crippen LogP contribution is -2.36. The second kappa shape index (κ2) is 6.10. The minimum absolute atomic E-state index is 0.166. The van der Waals surface area contributed by atoms with Gasteiger partial charge in [-0.3, -0.25) is 4.79 Å². The van der Waals surface area contributed by atoms with Gasteiger partial charge in [-0.05, 0) is 31.0 Å². The van der Waals surface area contributed by atoms with E-state index in [4.69, 9.17) is 0 Å². The molecule has 0 bridgehead atoms. The predicted molar refractivity (Wildman–Crippen MR) is 81.1 cm³/mol. The van der Waals surface area contributed by atoms with Crippen LogP contribution in [0.5, 0.6) is 0 Å². The molecule has 3 rings (SSSR count). The molecule has 1 amide bonds. The number of hydrogen-bond donors (Lipinski definition) is 2. The molecule has 5 nitrogen and oxygen atoms in total.